The Morgan fingerprint density at radius 1 is 1.67 bits per heavy atom. The average Bonchev–Trinajstić information content (AvgIpc) is 2.68. The summed E-state index contributed by atoms with van der Waals surface area (Å²) in [5.41, 5.74) is -0.00424. The van der Waals surface area contributed by atoms with Gasteiger partial charge in [0.2, 0.25) is 0 Å². The molecule has 82 valence electrons. The maximum atomic E-state index is 10.6. The van der Waals surface area contributed by atoms with Crippen molar-refractivity contribution in [3.05, 3.63) is 11.9 Å². The van der Waals surface area contributed by atoms with Crippen molar-refractivity contribution in [2.45, 2.75) is 25.9 Å². The Bertz CT molecular complexity index is 355. The van der Waals surface area contributed by atoms with Crippen molar-refractivity contribution in [3.63, 3.8) is 0 Å². The van der Waals surface area contributed by atoms with E-state index in [0.29, 0.717) is 5.92 Å². The first kappa shape index (κ1) is 10.1. The van der Waals surface area contributed by atoms with Crippen LogP contribution in [0.2, 0.25) is 0 Å². The van der Waals surface area contributed by atoms with Gasteiger partial charge in [-0.2, -0.15) is 0 Å². The largest absolute Gasteiger partial charge is 0.476 e. The highest BCUT2D eigenvalue weighted by Gasteiger charge is 2.20. The van der Waals surface area contributed by atoms with Crippen molar-refractivity contribution in [2.24, 2.45) is 5.92 Å². The van der Waals surface area contributed by atoms with Crippen LogP contribution < -0.4 is 5.32 Å². The predicted molar refractivity (Wildman–Crippen MR) is 52.4 cm³/mol. The van der Waals surface area contributed by atoms with Gasteiger partial charge in [-0.3, -0.25) is 5.32 Å². The van der Waals surface area contributed by atoms with Gasteiger partial charge >= 0.3 is 5.97 Å². The van der Waals surface area contributed by atoms with Crippen LogP contribution in [0, 0.1) is 5.92 Å². The van der Waals surface area contributed by atoms with Crippen LogP contribution in [0.5, 0.6) is 0 Å². The van der Waals surface area contributed by atoms with Crippen molar-refractivity contribution >= 4 is 5.97 Å². The molecule has 0 spiro atoms. The molecule has 1 aromatic rings. The van der Waals surface area contributed by atoms with E-state index in [4.69, 9.17) is 5.11 Å². The molecule has 2 atom stereocenters. The quantitative estimate of drug-likeness (QED) is 0.742. The number of carboxylic acid groups (broad SMARTS) is 1. The summed E-state index contributed by atoms with van der Waals surface area (Å²) in [5.74, 6) is -0.367. The highest BCUT2D eigenvalue weighted by molar-refractivity contribution is 5.84. The molecule has 2 rings (SSSR count). The summed E-state index contributed by atoms with van der Waals surface area (Å²) in [6.07, 6.45) is 3.64. The number of nitrogens with zero attached hydrogens (tertiary/aromatic N) is 3. The van der Waals surface area contributed by atoms with Gasteiger partial charge in [-0.15, -0.1) is 5.10 Å². The molecule has 0 bridgehead atoms. The van der Waals surface area contributed by atoms with Gasteiger partial charge in [0.1, 0.15) is 6.17 Å². The van der Waals surface area contributed by atoms with E-state index < -0.39 is 5.97 Å². The van der Waals surface area contributed by atoms with E-state index >= 15 is 0 Å². The Morgan fingerprint density at radius 2 is 2.47 bits per heavy atom. The molecule has 0 aliphatic carbocycles. The summed E-state index contributed by atoms with van der Waals surface area (Å²) < 4.78 is 1.59. The first-order valence-corrected chi connectivity index (χ1v) is 5.05. The predicted octanol–water partition coefficient (Wildman–Crippen LogP) is 0.494. The maximum absolute atomic E-state index is 10.6. The van der Waals surface area contributed by atoms with Crippen molar-refractivity contribution in [3.8, 4) is 0 Å². The van der Waals surface area contributed by atoms with Crippen LogP contribution in [-0.4, -0.2) is 32.6 Å². The Kier molecular flexibility index (Phi) is 2.68. The van der Waals surface area contributed by atoms with Gasteiger partial charge in [-0.05, 0) is 25.3 Å². The number of nitrogens with one attached hydrogen (secondary N) is 1. The molecule has 0 aromatic carbocycles. The lowest BCUT2D eigenvalue weighted by Gasteiger charge is -2.27. The van der Waals surface area contributed by atoms with Gasteiger partial charge < -0.3 is 5.11 Å². The standard InChI is InChI=1S/C9H14N4O2/c1-6-2-3-8(10-4-6)13-5-7(9(14)15)11-12-13/h5-6,8,10H,2-4H2,1H3,(H,14,15)/t6-,8+/m1/s1. The topological polar surface area (TPSA) is 80.0 Å². The van der Waals surface area contributed by atoms with Gasteiger partial charge in [0.05, 0.1) is 6.20 Å². The molecular formula is C9H14N4O2. The van der Waals surface area contributed by atoms with Crippen LogP contribution in [-0.2, 0) is 0 Å². The van der Waals surface area contributed by atoms with Gasteiger partial charge in [-0.25, -0.2) is 9.48 Å². The van der Waals surface area contributed by atoms with Crippen molar-refractivity contribution in [2.75, 3.05) is 6.54 Å². The van der Waals surface area contributed by atoms with Crippen LogP contribution in [0.25, 0.3) is 0 Å². The molecular weight excluding hydrogens is 196 g/mol. The minimum Gasteiger partial charge on any atom is -0.476 e. The van der Waals surface area contributed by atoms with Crippen molar-refractivity contribution in [1.82, 2.24) is 20.3 Å². The fourth-order valence-electron chi connectivity index (χ4n) is 1.74. The third-order valence-electron chi connectivity index (χ3n) is 2.68. The molecule has 0 unspecified atom stereocenters. The number of piperidine rings is 1. The Hall–Kier alpha value is -1.43. The maximum Gasteiger partial charge on any atom is 0.358 e. The second-order valence-electron chi connectivity index (χ2n) is 4.00. The Labute approximate surface area is 87.3 Å². The zero-order valence-electron chi connectivity index (χ0n) is 8.55. The zero-order valence-corrected chi connectivity index (χ0v) is 8.55. The smallest absolute Gasteiger partial charge is 0.358 e. The summed E-state index contributed by atoms with van der Waals surface area (Å²) >= 11 is 0. The number of aromatic carboxylic acids is 1. The molecule has 2 N–H and O–H groups in total. The highest BCUT2D eigenvalue weighted by atomic mass is 16.4. The highest BCUT2D eigenvalue weighted by Crippen LogP contribution is 2.19. The Balaban J connectivity index is 2.06. The molecule has 0 amide bonds. The summed E-state index contributed by atoms with van der Waals surface area (Å²) in [5, 5.41) is 19.4. The molecule has 1 fully saturated rings. The summed E-state index contributed by atoms with van der Waals surface area (Å²) in [4.78, 5) is 10.6. The van der Waals surface area contributed by atoms with E-state index in [1.54, 1.807) is 4.68 Å². The minimum atomic E-state index is -1.04. The molecule has 0 saturated carbocycles. The Morgan fingerprint density at radius 3 is 3.00 bits per heavy atom. The van der Waals surface area contributed by atoms with Gasteiger partial charge in [0.15, 0.2) is 5.69 Å². The van der Waals surface area contributed by atoms with Crippen molar-refractivity contribution in [1.29, 1.82) is 0 Å². The number of carboxylic acids is 1. The number of aromatic nitrogens is 3. The van der Waals surface area contributed by atoms with Gasteiger partial charge in [0.25, 0.3) is 0 Å². The van der Waals surface area contributed by atoms with E-state index in [1.807, 2.05) is 0 Å². The summed E-state index contributed by atoms with van der Waals surface area (Å²) in [6.45, 7) is 3.13. The monoisotopic (exact) mass is 210 g/mol. The van der Waals surface area contributed by atoms with Gasteiger partial charge in [0, 0.05) is 0 Å². The van der Waals surface area contributed by atoms with E-state index in [9.17, 15) is 4.79 Å². The molecule has 1 aliphatic heterocycles. The molecule has 1 aliphatic rings. The number of rotatable bonds is 2. The third kappa shape index (κ3) is 2.15. The van der Waals surface area contributed by atoms with Crippen LogP contribution in [0.1, 0.15) is 36.4 Å². The van der Waals surface area contributed by atoms with Crippen LogP contribution in [0.3, 0.4) is 0 Å². The van der Waals surface area contributed by atoms with Crippen LogP contribution in [0.15, 0.2) is 6.20 Å². The zero-order chi connectivity index (χ0) is 10.8. The summed E-state index contributed by atoms with van der Waals surface area (Å²) in [6, 6.07) is 0. The van der Waals surface area contributed by atoms with Crippen LogP contribution in [0.4, 0.5) is 0 Å². The number of carbonyl (C=O) groups is 1. The SMILES string of the molecule is C[C@@H]1CC[C@H](n2cc(C(=O)O)nn2)NC1. The van der Waals surface area contributed by atoms with Crippen molar-refractivity contribution < 1.29 is 9.90 Å². The fourth-order valence-corrected chi connectivity index (χ4v) is 1.74. The lowest BCUT2D eigenvalue weighted by Crippen LogP contribution is -2.35. The van der Waals surface area contributed by atoms with E-state index in [2.05, 4.69) is 22.6 Å². The minimum absolute atomic E-state index is 0.00424. The first-order valence-electron chi connectivity index (χ1n) is 5.05. The summed E-state index contributed by atoms with van der Waals surface area (Å²) in [7, 11) is 0. The van der Waals surface area contributed by atoms with Crippen LogP contribution >= 0.6 is 0 Å². The molecule has 1 saturated heterocycles. The lowest BCUT2D eigenvalue weighted by molar-refractivity contribution is 0.0690. The molecule has 6 nitrogen and oxygen atoms in total. The van der Waals surface area contributed by atoms with Gasteiger partial charge in [-0.1, -0.05) is 12.1 Å². The molecule has 6 heteroatoms. The number of hydrogen-bond donors (Lipinski definition) is 2. The van der Waals surface area contributed by atoms with E-state index in [0.717, 1.165) is 19.4 Å². The first-order chi connectivity index (χ1) is 7.16. The lowest BCUT2D eigenvalue weighted by atomic mass is 10.0. The molecule has 1 aromatic heterocycles. The second-order valence-corrected chi connectivity index (χ2v) is 4.00. The van der Waals surface area contributed by atoms with E-state index in [1.165, 1.54) is 6.20 Å². The average molecular weight is 210 g/mol. The second kappa shape index (κ2) is 3.98. The normalized spacial score (nSPS) is 26.5. The fraction of sp³-hybridized carbons (Fsp3) is 0.667. The molecule has 15 heavy (non-hydrogen) atoms. The number of hydrogen-bond acceptors (Lipinski definition) is 4. The molecule has 2 heterocycles. The van der Waals surface area contributed by atoms with E-state index in [-0.39, 0.29) is 11.9 Å². The molecule has 0 radical (unpaired) electrons. The third-order valence-corrected chi connectivity index (χ3v) is 2.68.